The zero-order valence-corrected chi connectivity index (χ0v) is 14.9. The van der Waals surface area contributed by atoms with Crippen molar-refractivity contribution in [3.63, 3.8) is 0 Å². The molecule has 6 heteroatoms. The molecule has 0 radical (unpaired) electrons. The molecule has 1 aromatic carbocycles. The first-order valence-corrected chi connectivity index (χ1v) is 9.18. The van der Waals surface area contributed by atoms with Crippen LogP contribution < -0.4 is 10.9 Å². The minimum Gasteiger partial charge on any atom is -0.353 e. The highest BCUT2D eigenvalue weighted by molar-refractivity contribution is 5.77. The van der Waals surface area contributed by atoms with Gasteiger partial charge in [0.05, 0.1) is 5.39 Å². The van der Waals surface area contributed by atoms with Crippen molar-refractivity contribution in [3.8, 4) is 0 Å². The standard InChI is InChI=1S/C19H26N4O2/c1-13-7-5-10-16(14(13)2)20-18(24)11-6-12-23-19(25)15-8-3-4-9-17(15)21-22-23/h3-4,8-9,13-14,16H,5-7,10-12H2,1-2H3,(H,20,24)/t13-,14+,16-/m1/s1. The Morgan fingerprint density at radius 3 is 2.92 bits per heavy atom. The van der Waals surface area contributed by atoms with Gasteiger partial charge in [0.1, 0.15) is 5.52 Å². The quantitative estimate of drug-likeness (QED) is 0.906. The molecule has 1 amide bonds. The van der Waals surface area contributed by atoms with E-state index in [2.05, 4.69) is 29.5 Å². The third-order valence-corrected chi connectivity index (χ3v) is 5.46. The molecule has 25 heavy (non-hydrogen) atoms. The van der Waals surface area contributed by atoms with Gasteiger partial charge in [0.25, 0.3) is 5.56 Å². The average Bonchev–Trinajstić information content (AvgIpc) is 2.61. The molecule has 0 spiro atoms. The first kappa shape index (κ1) is 17.6. The maximum atomic E-state index is 12.4. The van der Waals surface area contributed by atoms with Crippen LogP contribution in [0.25, 0.3) is 10.9 Å². The Bertz CT molecular complexity index is 801. The van der Waals surface area contributed by atoms with Gasteiger partial charge in [0.15, 0.2) is 0 Å². The Hall–Kier alpha value is -2.24. The van der Waals surface area contributed by atoms with Crippen LogP contribution in [0.1, 0.15) is 46.0 Å². The number of carbonyl (C=O) groups excluding carboxylic acids is 1. The van der Waals surface area contributed by atoms with Gasteiger partial charge in [0.2, 0.25) is 5.91 Å². The second-order valence-electron chi connectivity index (χ2n) is 7.18. The zero-order chi connectivity index (χ0) is 17.8. The monoisotopic (exact) mass is 342 g/mol. The summed E-state index contributed by atoms with van der Waals surface area (Å²) in [4.78, 5) is 24.6. The molecule has 134 valence electrons. The summed E-state index contributed by atoms with van der Waals surface area (Å²) in [5, 5.41) is 11.8. The smallest absolute Gasteiger partial charge is 0.277 e. The Balaban J connectivity index is 1.53. The lowest BCUT2D eigenvalue weighted by Gasteiger charge is -2.34. The lowest BCUT2D eigenvalue weighted by atomic mass is 9.78. The van der Waals surface area contributed by atoms with E-state index in [9.17, 15) is 9.59 Å². The number of benzene rings is 1. The van der Waals surface area contributed by atoms with Gasteiger partial charge < -0.3 is 5.32 Å². The molecule has 0 saturated heterocycles. The van der Waals surface area contributed by atoms with Gasteiger partial charge in [-0.15, -0.1) is 5.10 Å². The van der Waals surface area contributed by atoms with E-state index in [0.29, 0.717) is 42.1 Å². The molecule has 3 rings (SSSR count). The molecule has 1 heterocycles. The van der Waals surface area contributed by atoms with Crippen molar-refractivity contribution < 1.29 is 4.79 Å². The summed E-state index contributed by atoms with van der Waals surface area (Å²) < 4.78 is 1.35. The summed E-state index contributed by atoms with van der Waals surface area (Å²) in [7, 11) is 0. The van der Waals surface area contributed by atoms with Crippen LogP contribution in [-0.4, -0.2) is 26.9 Å². The van der Waals surface area contributed by atoms with Crippen molar-refractivity contribution in [1.29, 1.82) is 0 Å². The summed E-state index contributed by atoms with van der Waals surface area (Å²) in [6.45, 7) is 4.88. The first-order valence-electron chi connectivity index (χ1n) is 9.18. The van der Waals surface area contributed by atoms with Gasteiger partial charge in [-0.3, -0.25) is 9.59 Å². The highest BCUT2D eigenvalue weighted by atomic mass is 16.1. The molecule has 0 unspecified atom stereocenters. The van der Waals surface area contributed by atoms with E-state index in [-0.39, 0.29) is 17.5 Å². The highest BCUT2D eigenvalue weighted by Crippen LogP contribution is 2.29. The fourth-order valence-electron chi connectivity index (χ4n) is 3.62. The van der Waals surface area contributed by atoms with E-state index in [1.54, 1.807) is 12.1 Å². The molecule has 0 aliphatic heterocycles. The third-order valence-electron chi connectivity index (χ3n) is 5.46. The molecule has 1 aliphatic rings. The number of hydrogen-bond acceptors (Lipinski definition) is 4. The fraction of sp³-hybridized carbons (Fsp3) is 0.579. The number of nitrogens with zero attached hydrogens (tertiary/aromatic N) is 3. The molecular weight excluding hydrogens is 316 g/mol. The molecular formula is C19H26N4O2. The number of hydrogen-bond donors (Lipinski definition) is 1. The second kappa shape index (κ2) is 7.76. The Morgan fingerprint density at radius 1 is 1.28 bits per heavy atom. The van der Waals surface area contributed by atoms with Gasteiger partial charge in [-0.05, 0) is 36.8 Å². The predicted octanol–water partition coefficient (Wildman–Crippen LogP) is 2.51. The number of rotatable bonds is 5. The van der Waals surface area contributed by atoms with E-state index in [1.807, 2.05) is 12.1 Å². The van der Waals surface area contributed by atoms with Crippen LogP contribution in [-0.2, 0) is 11.3 Å². The van der Waals surface area contributed by atoms with E-state index < -0.39 is 0 Å². The van der Waals surface area contributed by atoms with E-state index in [0.717, 1.165) is 6.42 Å². The van der Waals surface area contributed by atoms with Crippen molar-refractivity contribution in [1.82, 2.24) is 20.3 Å². The van der Waals surface area contributed by atoms with Crippen molar-refractivity contribution >= 4 is 16.8 Å². The van der Waals surface area contributed by atoms with Crippen LogP contribution in [0, 0.1) is 11.8 Å². The molecule has 1 aromatic heterocycles. The van der Waals surface area contributed by atoms with Gasteiger partial charge in [-0.1, -0.05) is 44.0 Å². The van der Waals surface area contributed by atoms with Crippen LogP contribution in [0.5, 0.6) is 0 Å². The topological polar surface area (TPSA) is 76.9 Å². The lowest BCUT2D eigenvalue weighted by Crippen LogP contribution is -2.43. The fourth-order valence-corrected chi connectivity index (χ4v) is 3.62. The molecule has 3 atom stereocenters. The van der Waals surface area contributed by atoms with Crippen LogP contribution in [0.3, 0.4) is 0 Å². The minimum absolute atomic E-state index is 0.0627. The minimum atomic E-state index is -0.152. The summed E-state index contributed by atoms with van der Waals surface area (Å²) >= 11 is 0. The number of nitrogens with one attached hydrogen (secondary N) is 1. The lowest BCUT2D eigenvalue weighted by molar-refractivity contribution is -0.122. The van der Waals surface area contributed by atoms with Crippen molar-refractivity contribution in [3.05, 3.63) is 34.6 Å². The zero-order valence-electron chi connectivity index (χ0n) is 14.9. The van der Waals surface area contributed by atoms with Crippen molar-refractivity contribution in [2.75, 3.05) is 0 Å². The number of amides is 1. The normalized spacial score (nSPS) is 23.5. The summed E-state index contributed by atoms with van der Waals surface area (Å²) in [6, 6.07) is 7.45. The molecule has 0 bridgehead atoms. The maximum absolute atomic E-state index is 12.4. The van der Waals surface area contributed by atoms with Gasteiger partial charge >= 0.3 is 0 Å². The Kier molecular flexibility index (Phi) is 5.46. The largest absolute Gasteiger partial charge is 0.353 e. The number of fused-ring (bicyclic) bond motifs is 1. The highest BCUT2D eigenvalue weighted by Gasteiger charge is 2.27. The van der Waals surface area contributed by atoms with Crippen LogP contribution in [0.15, 0.2) is 29.1 Å². The molecule has 6 nitrogen and oxygen atoms in total. The van der Waals surface area contributed by atoms with Crippen LogP contribution >= 0.6 is 0 Å². The third kappa shape index (κ3) is 4.06. The van der Waals surface area contributed by atoms with Crippen LogP contribution in [0.2, 0.25) is 0 Å². The molecule has 1 aliphatic carbocycles. The van der Waals surface area contributed by atoms with Gasteiger partial charge in [-0.25, -0.2) is 4.68 Å². The molecule has 1 N–H and O–H groups in total. The molecule has 2 aromatic rings. The van der Waals surface area contributed by atoms with E-state index >= 15 is 0 Å². The first-order chi connectivity index (χ1) is 12.1. The molecule has 1 fully saturated rings. The summed E-state index contributed by atoms with van der Waals surface area (Å²) in [5.41, 5.74) is 0.447. The summed E-state index contributed by atoms with van der Waals surface area (Å²) in [6.07, 6.45) is 4.47. The maximum Gasteiger partial charge on any atom is 0.277 e. The van der Waals surface area contributed by atoms with E-state index in [1.165, 1.54) is 17.5 Å². The van der Waals surface area contributed by atoms with E-state index in [4.69, 9.17) is 0 Å². The summed E-state index contributed by atoms with van der Waals surface area (Å²) in [5.74, 6) is 1.24. The predicted molar refractivity (Wildman–Crippen MR) is 97.1 cm³/mol. The average molecular weight is 342 g/mol. The number of aromatic nitrogens is 3. The molecule has 1 saturated carbocycles. The Morgan fingerprint density at radius 2 is 2.08 bits per heavy atom. The Labute approximate surface area is 147 Å². The van der Waals surface area contributed by atoms with Gasteiger partial charge in [0, 0.05) is 19.0 Å². The SMILES string of the molecule is C[C@H]1[C@H](C)CCC[C@H]1NC(=O)CCCn1nnc2ccccc2c1=O. The van der Waals surface area contributed by atoms with Crippen molar-refractivity contribution in [2.24, 2.45) is 11.8 Å². The van der Waals surface area contributed by atoms with Gasteiger partial charge in [-0.2, -0.15) is 0 Å². The second-order valence-corrected chi connectivity index (χ2v) is 7.18. The number of carbonyl (C=O) groups is 1. The number of aryl methyl sites for hydroxylation is 1. The van der Waals surface area contributed by atoms with Crippen molar-refractivity contribution in [2.45, 2.75) is 58.5 Å². The van der Waals surface area contributed by atoms with Crippen LogP contribution in [0.4, 0.5) is 0 Å².